The van der Waals surface area contributed by atoms with Crippen molar-refractivity contribution in [1.29, 1.82) is 0 Å². The van der Waals surface area contributed by atoms with Gasteiger partial charge in [-0.3, -0.25) is 4.79 Å². The van der Waals surface area contributed by atoms with E-state index < -0.39 is 23.7 Å². The predicted molar refractivity (Wildman–Crippen MR) is 70.3 cm³/mol. The van der Waals surface area contributed by atoms with Crippen LogP contribution in [0.5, 0.6) is 0 Å². The second kappa shape index (κ2) is 6.43. The Morgan fingerprint density at radius 1 is 1.47 bits per heavy atom. The van der Waals surface area contributed by atoms with E-state index in [0.29, 0.717) is 12.0 Å². The molecule has 19 heavy (non-hydrogen) atoms. The molecule has 0 aromatic heterocycles. The Morgan fingerprint density at radius 3 is 2.63 bits per heavy atom. The molecule has 1 amide bonds. The molecule has 0 heterocycles. The third-order valence-corrected chi connectivity index (χ3v) is 3.09. The second-order valence-corrected chi connectivity index (χ2v) is 4.43. The Hall–Kier alpha value is -1.75. The maximum absolute atomic E-state index is 13.2. The number of nitrogens with zero attached hydrogens (tertiary/aromatic N) is 1. The van der Waals surface area contributed by atoms with E-state index in [2.05, 4.69) is 6.58 Å². The molecular weight excluding hydrogens is 250 g/mol. The zero-order chi connectivity index (χ0) is 14.6. The summed E-state index contributed by atoms with van der Waals surface area (Å²) in [5.41, 5.74) is 6.22. The van der Waals surface area contributed by atoms with Crippen molar-refractivity contribution in [2.45, 2.75) is 25.4 Å². The number of hydrogen-bond donors (Lipinski definition) is 1. The molecule has 1 rings (SSSR count). The number of hydrogen-bond acceptors (Lipinski definition) is 2. The molecule has 0 aliphatic carbocycles. The SMILES string of the molecule is C=CCC(N)C(=O)N(C)C(C)c1ccc(F)c(F)c1. The summed E-state index contributed by atoms with van der Waals surface area (Å²) in [6, 6.07) is 2.52. The second-order valence-electron chi connectivity index (χ2n) is 4.43. The lowest BCUT2D eigenvalue weighted by Gasteiger charge is -2.27. The van der Waals surface area contributed by atoms with Crippen molar-refractivity contribution in [3.05, 3.63) is 48.1 Å². The summed E-state index contributed by atoms with van der Waals surface area (Å²) in [5, 5.41) is 0. The fraction of sp³-hybridized carbons (Fsp3) is 0.357. The number of carbonyl (C=O) groups is 1. The van der Waals surface area contributed by atoms with Gasteiger partial charge in [0.2, 0.25) is 5.91 Å². The van der Waals surface area contributed by atoms with E-state index in [9.17, 15) is 13.6 Å². The van der Waals surface area contributed by atoms with Crippen molar-refractivity contribution in [1.82, 2.24) is 4.90 Å². The number of rotatable bonds is 5. The Balaban J connectivity index is 2.86. The van der Waals surface area contributed by atoms with E-state index in [1.165, 1.54) is 11.0 Å². The molecule has 1 aromatic rings. The Kier molecular flexibility index (Phi) is 5.18. The first kappa shape index (κ1) is 15.3. The number of likely N-dealkylation sites (N-methyl/N-ethyl adjacent to an activating group) is 1. The van der Waals surface area contributed by atoms with Crippen LogP contribution in [0.25, 0.3) is 0 Å². The van der Waals surface area contributed by atoms with Crippen LogP contribution in [-0.4, -0.2) is 23.9 Å². The number of amides is 1. The number of nitrogens with two attached hydrogens (primary N) is 1. The standard InChI is InChI=1S/C14H18F2N2O/c1-4-5-13(17)14(19)18(3)9(2)10-6-7-11(15)12(16)8-10/h4,6-9,13H,1,5,17H2,2-3H3. The highest BCUT2D eigenvalue weighted by Crippen LogP contribution is 2.21. The monoisotopic (exact) mass is 268 g/mol. The zero-order valence-electron chi connectivity index (χ0n) is 11.1. The number of halogens is 2. The average Bonchev–Trinajstić information content (AvgIpc) is 2.39. The van der Waals surface area contributed by atoms with Crippen molar-refractivity contribution < 1.29 is 13.6 Å². The minimum Gasteiger partial charge on any atom is -0.338 e. The summed E-state index contributed by atoms with van der Waals surface area (Å²) >= 11 is 0. The van der Waals surface area contributed by atoms with Crippen molar-refractivity contribution in [2.24, 2.45) is 5.73 Å². The van der Waals surface area contributed by atoms with Gasteiger partial charge in [-0.2, -0.15) is 0 Å². The molecule has 2 atom stereocenters. The molecule has 0 saturated heterocycles. The fourth-order valence-electron chi connectivity index (χ4n) is 1.73. The third kappa shape index (κ3) is 3.61. The van der Waals surface area contributed by atoms with Gasteiger partial charge in [0.25, 0.3) is 0 Å². The first-order valence-corrected chi connectivity index (χ1v) is 5.96. The van der Waals surface area contributed by atoms with Gasteiger partial charge >= 0.3 is 0 Å². The predicted octanol–water partition coefficient (Wildman–Crippen LogP) is 2.39. The fourth-order valence-corrected chi connectivity index (χ4v) is 1.73. The Bertz CT molecular complexity index is 477. The van der Waals surface area contributed by atoms with Crippen molar-refractivity contribution in [3.63, 3.8) is 0 Å². The molecule has 0 bridgehead atoms. The molecule has 2 unspecified atom stereocenters. The number of benzene rings is 1. The molecule has 2 N–H and O–H groups in total. The van der Waals surface area contributed by atoms with Crippen LogP contribution in [0.1, 0.15) is 24.9 Å². The molecule has 0 fully saturated rings. The van der Waals surface area contributed by atoms with E-state index in [1.54, 1.807) is 20.0 Å². The molecule has 0 radical (unpaired) electrons. The normalized spacial score (nSPS) is 13.7. The van der Waals surface area contributed by atoms with Crippen LogP contribution in [0.15, 0.2) is 30.9 Å². The first-order chi connectivity index (χ1) is 8.88. The van der Waals surface area contributed by atoms with Gasteiger partial charge in [-0.15, -0.1) is 6.58 Å². The maximum Gasteiger partial charge on any atom is 0.240 e. The van der Waals surface area contributed by atoms with Crippen LogP contribution < -0.4 is 5.73 Å². The van der Waals surface area contributed by atoms with Gasteiger partial charge in [0.05, 0.1) is 12.1 Å². The third-order valence-electron chi connectivity index (χ3n) is 3.09. The van der Waals surface area contributed by atoms with Crippen molar-refractivity contribution in [3.8, 4) is 0 Å². The Morgan fingerprint density at radius 2 is 2.11 bits per heavy atom. The summed E-state index contributed by atoms with van der Waals surface area (Å²) in [6.45, 7) is 5.25. The van der Waals surface area contributed by atoms with Crippen LogP contribution in [0, 0.1) is 11.6 Å². The first-order valence-electron chi connectivity index (χ1n) is 5.96. The van der Waals surface area contributed by atoms with Crippen molar-refractivity contribution >= 4 is 5.91 Å². The summed E-state index contributed by atoms with van der Waals surface area (Å²) in [4.78, 5) is 13.4. The van der Waals surface area contributed by atoms with E-state index in [1.807, 2.05) is 0 Å². The maximum atomic E-state index is 13.2. The van der Waals surface area contributed by atoms with Crippen LogP contribution in [0.3, 0.4) is 0 Å². The van der Waals surface area contributed by atoms with E-state index in [0.717, 1.165) is 12.1 Å². The van der Waals surface area contributed by atoms with Crippen LogP contribution in [0.4, 0.5) is 8.78 Å². The average molecular weight is 268 g/mol. The van der Waals surface area contributed by atoms with Gasteiger partial charge in [-0.25, -0.2) is 8.78 Å². The number of carbonyl (C=O) groups excluding carboxylic acids is 1. The van der Waals surface area contributed by atoms with E-state index in [-0.39, 0.29) is 5.91 Å². The van der Waals surface area contributed by atoms with Crippen molar-refractivity contribution in [2.75, 3.05) is 7.05 Å². The highest BCUT2D eigenvalue weighted by molar-refractivity contribution is 5.82. The molecule has 1 aromatic carbocycles. The lowest BCUT2D eigenvalue weighted by Crippen LogP contribution is -2.42. The summed E-state index contributed by atoms with van der Waals surface area (Å²) in [6.07, 6.45) is 1.94. The minimum absolute atomic E-state index is 0.267. The molecular formula is C14H18F2N2O. The quantitative estimate of drug-likeness (QED) is 0.833. The topological polar surface area (TPSA) is 46.3 Å². The van der Waals surface area contributed by atoms with Gasteiger partial charge in [0, 0.05) is 7.05 Å². The largest absolute Gasteiger partial charge is 0.338 e. The Labute approximate surface area is 111 Å². The van der Waals surface area contributed by atoms with Gasteiger partial charge in [-0.05, 0) is 31.0 Å². The molecule has 0 aliphatic heterocycles. The van der Waals surface area contributed by atoms with Gasteiger partial charge in [-0.1, -0.05) is 12.1 Å². The lowest BCUT2D eigenvalue weighted by molar-refractivity contribution is -0.133. The molecule has 0 aliphatic rings. The highest BCUT2D eigenvalue weighted by atomic mass is 19.2. The smallest absolute Gasteiger partial charge is 0.240 e. The van der Waals surface area contributed by atoms with Crippen LogP contribution >= 0.6 is 0 Å². The van der Waals surface area contributed by atoms with E-state index in [4.69, 9.17) is 5.73 Å². The van der Waals surface area contributed by atoms with E-state index >= 15 is 0 Å². The molecule has 0 saturated carbocycles. The zero-order valence-corrected chi connectivity index (χ0v) is 11.1. The minimum atomic E-state index is -0.930. The lowest BCUT2D eigenvalue weighted by atomic mass is 10.1. The summed E-state index contributed by atoms with van der Waals surface area (Å²) < 4.78 is 26.0. The van der Waals surface area contributed by atoms with Gasteiger partial charge < -0.3 is 10.6 Å². The highest BCUT2D eigenvalue weighted by Gasteiger charge is 2.22. The van der Waals surface area contributed by atoms with Gasteiger partial charge in [0.1, 0.15) is 0 Å². The molecule has 0 spiro atoms. The molecule has 104 valence electrons. The molecule has 3 nitrogen and oxygen atoms in total. The molecule has 5 heteroatoms. The van der Waals surface area contributed by atoms with Gasteiger partial charge in [0.15, 0.2) is 11.6 Å². The van der Waals surface area contributed by atoms with Crippen LogP contribution in [0.2, 0.25) is 0 Å². The summed E-state index contributed by atoms with van der Waals surface area (Å²) in [5.74, 6) is -2.11. The van der Waals surface area contributed by atoms with Crippen LogP contribution in [-0.2, 0) is 4.79 Å². The summed E-state index contributed by atoms with van der Waals surface area (Å²) in [7, 11) is 1.58.